The Morgan fingerprint density at radius 3 is 2.63 bits per heavy atom. The largest absolute Gasteiger partial charge is 0.493 e. The van der Waals surface area contributed by atoms with Gasteiger partial charge in [-0.25, -0.2) is 4.98 Å². The van der Waals surface area contributed by atoms with Crippen molar-refractivity contribution in [2.45, 2.75) is 39.7 Å². The lowest BCUT2D eigenvalue weighted by Crippen LogP contribution is -2.06. The van der Waals surface area contributed by atoms with Crippen LogP contribution in [-0.2, 0) is 6.42 Å². The summed E-state index contributed by atoms with van der Waals surface area (Å²) in [5.41, 5.74) is 2.09. The predicted molar refractivity (Wildman–Crippen MR) is 115 cm³/mol. The van der Waals surface area contributed by atoms with Crippen LogP contribution in [0, 0.1) is 0 Å². The summed E-state index contributed by atoms with van der Waals surface area (Å²) < 4.78 is 22.4. The summed E-state index contributed by atoms with van der Waals surface area (Å²) in [6, 6.07) is 12.8. The molecule has 158 valence electrons. The Labute approximate surface area is 176 Å². The second-order valence-electron chi connectivity index (χ2n) is 7.03. The van der Waals surface area contributed by atoms with Crippen LogP contribution in [-0.4, -0.2) is 30.6 Å². The molecule has 0 aliphatic rings. The van der Waals surface area contributed by atoms with Crippen molar-refractivity contribution in [3.63, 3.8) is 0 Å². The van der Waals surface area contributed by atoms with Crippen LogP contribution < -0.4 is 14.2 Å². The average molecular weight is 409 g/mol. The zero-order chi connectivity index (χ0) is 21.5. The summed E-state index contributed by atoms with van der Waals surface area (Å²) in [6.45, 7) is 6.32. The molecule has 0 N–H and O–H groups in total. The fraction of sp³-hybridized carbons (Fsp3) is 0.333. The fourth-order valence-electron chi connectivity index (χ4n) is 3.06. The van der Waals surface area contributed by atoms with Crippen LogP contribution in [0.25, 0.3) is 11.5 Å². The zero-order valence-electron chi connectivity index (χ0n) is 17.8. The second kappa shape index (κ2) is 9.96. The molecule has 0 saturated heterocycles. The van der Waals surface area contributed by atoms with Crippen molar-refractivity contribution in [1.82, 2.24) is 4.98 Å². The van der Waals surface area contributed by atoms with Crippen molar-refractivity contribution in [3.05, 3.63) is 60.0 Å². The molecule has 0 spiro atoms. The molecule has 0 atom stereocenters. The molecule has 0 unspecified atom stereocenters. The van der Waals surface area contributed by atoms with E-state index in [4.69, 9.17) is 18.6 Å². The maximum Gasteiger partial charge on any atom is 0.226 e. The van der Waals surface area contributed by atoms with Crippen LogP contribution in [0.1, 0.15) is 43.2 Å². The number of para-hydroxylation sites is 1. The molecule has 0 aliphatic carbocycles. The van der Waals surface area contributed by atoms with Gasteiger partial charge in [-0.3, -0.25) is 4.79 Å². The van der Waals surface area contributed by atoms with Gasteiger partial charge >= 0.3 is 0 Å². The molecular weight excluding hydrogens is 382 g/mol. The molecule has 0 amide bonds. The number of carbonyl (C=O) groups is 1. The van der Waals surface area contributed by atoms with E-state index in [1.54, 1.807) is 19.4 Å². The lowest BCUT2D eigenvalue weighted by atomic mass is 10.0. The Bertz CT molecular complexity index is 993. The number of ketones is 1. The highest BCUT2D eigenvalue weighted by Crippen LogP contribution is 2.33. The van der Waals surface area contributed by atoms with Gasteiger partial charge in [0.25, 0.3) is 0 Å². The number of hydrogen-bond acceptors (Lipinski definition) is 6. The van der Waals surface area contributed by atoms with Crippen LogP contribution >= 0.6 is 0 Å². The lowest BCUT2D eigenvalue weighted by Gasteiger charge is -2.13. The molecule has 1 aromatic heterocycles. The first-order valence-corrected chi connectivity index (χ1v) is 10.1. The van der Waals surface area contributed by atoms with E-state index in [1.165, 1.54) is 0 Å². The highest BCUT2D eigenvalue weighted by atomic mass is 16.5. The normalized spacial score (nSPS) is 10.8. The van der Waals surface area contributed by atoms with E-state index in [2.05, 4.69) is 4.98 Å². The first-order chi connectivity index (χ1) is 14.5. The van der Waals surface area contributed by atoms with E-state index in [9.17, 15) is 4.79 Å². The summed E-state index contributed by atoms with van der Waals surface area (Å²) in [5, 5.41) is 0. The van der Waals surface area contributed by atoms with Crippen molar-refractivity contribution >= 4 is 5.78 Å². The van der Waals surface area contributed by atoms with Gasteiger partial charge in [0.1, 0.15) is 12.0 Å². The van der Waals surface area contributed by atoms with Crippen LogP contribution in [0.5, 0.6) is 17.2 Å². The number of nitrogens with zero attached hydrogens (tertiary/aromatic N) is 1. The minimum atomic E-state index is 0.0137. The van der Waals surface area contributed by atoms with E-state index in [0.29, 0.717) is 48.2 Å². The van der Waals surface area contributed by atoms with E-state index in [0.717, 1.165) is 11.3 Å². The number of carbonyl (C=O) groups excluding carboxylic acids is 1. The minimum Gasteiger partial charge on any atom is -0.493 e. The topological polar surface area (TPSA) is 70.8 Å². The van der Waals surface area contributed by atoms with E-state index in [-0.39, 0.29) is 11.9 Å². The number of hydrogen-bond donors (Lipinski definition) is 0. The van der Waals surface area contributed by atoms with Gasteiger partial charge in [-0.05, 0) is 51.1 Å². The second-order valence-corrected chi connectivity index (χ2v) is 7.03. The monoisotopic (exact) mass is 409 g/mol. The molecule has 6 nitrogen and oxygen atoms in total. The van der Waals surface area contributed by atoms with Crippen molar-refractivity contribution in [3.8, 4) is 28.7 Å². The number of methoxy groups -OCH3 is 1. The van der Waals surface area contributed by atoms with Gasteiger partial charge in [-0.2, -0.15) is 0 Å². The molecule has 2 aromatic carbocycles. The number of ether oxygens (including phenoxy) is 3. The number of benzene rings is 2. The molecule has 3 rings (SSSR count). The van der Waals surface area contributed by atoms with Crippen LogP contribution in [0.2, 0.25) is 0 Å². The zero-order valence-corrected chi connectivity index (χ0v) is 17.8. The van der Waals surface area contributed by atoms with Crippen LogP contribution in [0.3, 0.4) is 0 Å². The highest BCUT2D eigenvalue weighted by Gasteiger charge is 2.15. The molecule has 0 fully saturated rings. The van der Waals surface area contributed by atoms with Gasteiger partial charge in [-0.15, -0.1) is 0 Å². The molecule has 30 heavy (non-hydrogen) atoms. The molecular formula is C24H27NO5. The van der Waals surface area contributed by atoms with E-state index >= 15 is 0 Å². The smallest absolute Gasteiger partial charge is 0.226 e. The standard InChI is InChI=1S/C24H27NO5/c1-5-28-21-9-7-6-8-19(21)20(26)12-11-18-15-29-24(25-18)17-10-13-22(27-4)23(14-17)30-16(2)3/h6-10,13-16H,5,11-12H2,1-4H3. The van der Waals surface area contributed by atoms with Gasteiger partial charge in [0.15, 0.2) is 17.3 Å². The average Bonchev–Trinajstić information content (AvgIpc) is 3.21. The minimum absolute atomic E-state index is 0.0137. The molecule has 3 aromatic rings. The first kappa shape index (κ1) is 21.4. The fourth-order valence-corrected chi connectivity index (χ4v) is 3.06. The number of aromatic nitrogens is 1. The molecule has 0 aliphatic heterocycles. The SMILES string of the molecule is CCOc1ccccc1C(=O)CCc1coc(-c2ccc(OC)c(OC(C)C)c2)n1. The number of rotatable bonds is 10. The lowest BCUT2D eigenvalue weighted by molar-refractivity contribution is 0.0979. The van der Waals surface area contributed by atoms with Crippen molar-refractivity contribution in [2.75, 3.05) is 13.7 Å². The van der Waals surface area contributed by atoms with E-state index in [1.807, 2.05) is 57.2 Å². The summed E-state index contributed by atoms with van der Waals surface area (Å²) in [7, 11) is 1.60. The first-order valence-electron chi connectivity index (χ1n) is 10.1. The highest BCUT2D eigenvalue weighted by molar-refractivity contribution is 5.98. The number of oxazole rings is 1. The Morgan fingerprint density at radius 2 is 1.90 bits per heavy atom. The summed E-state index contributed by atoms with van der Waals surface area (Å²) >= 11 is 0. The summed E-state index contributed by atoms with van der Waals surface area (Å²) in [6.07, 6.45) is 2.40. The predicted octanol–water partition coefficient (Wildman–Crippen LogP) is 5.35. The van der Waals surface area contributed by atoms with Crippen LogP contribution in [0.15, 0.2) is 53.1 Å². The quantitative estimate of drug-likeness (QED) is 0.420. The van der Waals surface area contributed by atoms with Gasteiger partial charge in [-0.1, -0.05) is 12.1 Å². The molecule has 6 heteroatoms. The summed E-state index contributed by atoms with van der Waals surface area (Å²) in [4.78, 5) is 17.2. The van der Waals surface area contributed by atoms with Gasteiger partial charge in [0.2, 0.25) is 5.89 Å². The molecule has 0 bridgehead atoms. The summed E-state index contributed by atoms with van der Waals surface area (Å²) in [5.74, 6) is 2.39. The Morgan fingerprint density at radius 1 is 1.10 bits per heavy atom. The maximum absolute atomic E-state index is 12.6. The van der Waals surface area contributed by atoms with E-state index < -0.39 is 0 Å². The Hall–Kier alpha value is -3.28. The third kappa shape index (κ3) is 5.20. The molecule has 0 saturated carbocycles. The Balaban J connectivity index is 1.71. The van der Waals surface area contributed by atoms with Crippen molar-refractivity contribution < 1.29 is 23.4 Å². The molecule has 1 heterocycles. The number of Topliss-reactive ketones (excluding diaryl/α,β-unsaturated/α-hetero) is 1. The van der Waals surface area contributed by atoms with Crippen molar-refractivity contribution in [2.24, 2.45) is 0 Å². The number of aryl methyl sites for hydroxylation is 1. The third-order valence-corrected chi connectivity index (χ3v) is 4.42. The van der Waals surface area contributed by atoms with Crippen LogP contribution in [0.4, 0.5) is 0 Å². The molecule has 0 radical (unpaired) electrons. The van der Waals surface area contributed by atoms with Gasteiger partial charge in [0, 0.05) is 18.4 Å². The van der Waals surface area contributed by atoms with Gasteiger partial charge < -0.3 is 18.6 Å². The Kier molecular flexibility index (Phi) is 7.12. The maximum atomic E-state index is 12.6. The van der Waals surface area contributed by atoms with Crippen molar-refractivity contribution in [1.29, 1.82) is 0 Å². The third-order valence-electron chi connectivity index (χ3n) is 4.42. The van der Waals surface area contributed by atoms with Gasteiger partial charge in [0.05, 0.1) is 31.1 Å².